The second-order valence-corrected chi connectivity index (χ2v) is 8.23. The first kappa shape index (κ1) is 27.3. The molecule has 0 radical (unpaired) electrons. The van der Waals surface area contributed by atoms with E-state index in [2.05, 4.69) is 56.2 Å². The number of ether oxygens (including phenoxy) is 3. The van der Waals surface area contributed by atoms with Crippen LogP contribution in [0.3, 0.4) is 0 Å². The molecule has 2 unspecified atom stereocenters. The largest absolute Gasteiger partial charge is 0.356 e. The van der Waals surface area contributed by atoms with Crippen molar-refractivity contribution in [3.05, 3.63) is 24.3 Å². The summed E-state index contributed by atoms with van der Waals surface area (Å²) in [6.07, 6.45) is 22.2. The van der Waals surface area contributed by atoms with Crippen molar-refractivity contribution >= 4 is 31.9 Å². The molecule has 0 aliphatic rings. The summed E-state index contributed by atoms with van der Waals surface area (Å²) in [7, 11) is 3.41. The number of unbranched alkanes of at least 4 members (excludes halogenated alkanes) is 6. The van der Waals surface area contributed by atoms with E-state index in [9.17, 15) is 0 Å². The summed E-state index contributed by atoms with van der Waals surface area (Å²) in [5.74, 6) is 0. The number of hydrogen-bond acceptors (Lipinski definition) is 3. The molecule has 160 valence electrons. The third-order valence-electron chi connectivity index (χ3n) is 4.31. The third-order valence-corrected chi connectivity index (χ3v) is 5.43. The van der Waals surface area contributed by atoms with E-state index in [-0.39, 0.29) is 12.6 Å². The zero-order valence-electron chi connectivity index (χ0n) is 17.3. The average Bonchev–Trinajstić information content (AvgIpc) is 2.69. The molecule has 0 N–H and O–H groups in total. The van der Waals surface area contributed by atoms with Crippen LogP contribution in [0.2, 0.25) is 0 Å². The normalized spacial score (nSPS) is 14.4. The molecule has 0 amide bonds. The Kier molecular flexibility index (Phi) is 22.9. The van der Waals surface area contributed by atoms with Crippen molar-refractivity contribution in [1.82, 2.24) is 0 Å². The topological polar surface area (TPSA) is 27.7 Å². The molecule has 0 fully saturated rings. The lowest BCUT2D eigenvalue weighted by molar-refractivity contribution is -0.232. The summed E-state index contributed by atoms with van der Waals surface area (Å²) < 4.78 is 16.9. The fraction of sp³-hybridized carbons (Fsp3) is 0.818. The Morgan fingerprint density at radius 2 is 1.00 bits per heavy atom. The molecule has 0 aromatic heterocycles. The summed E-state index contributed by atoms with van der Waals surface area (Å²) in [4.78, 5) is 0. The van der Waals surface area contributed by atoms with E-state index in [0.717, 1.165) is 49.2 Å². The lowest BCUT2D eigenvalue weighted by atomic mass is 10.2. The van der Waals surface area contributed by atoms with Crippen LogP contribution in [0.15, 0.2) is 24.3 Å². The van der Waals surface area contributed by atoms with Gasteiger partial charge < -0.3 is 14.2 Å². The van der Waals surface area contributed by atoms with Crippen molar-refractivity contribution in [1.29, 1.82) is 0 Å². The molecular formula is C22H40Br2O3. The van der Waals surface area contributed by atoms with Gasteiger partial charge in [0.15, 0.2) is 12.6 Å². The predicted octanol–water partition coefficient (Wildman–Crippen LogP) is 7.53. The van der Waals surface area contributed by atoms with Crippen LogP contribution in [-0.4, -0.2) is 37.5 Å². The van der Waals surface area contributed by atoms with Crippen molar-refractivity contribution in [2.45, 2.75) is 89.6 Å². The first-order chi connectivity index (χ1) is 13.3. The fourth-order valence-electron chi connectivity index (χ4n) is 2.66. The smallest absolute Gasteiger partial charge is 0.160 e. The molecule has 0 aromatic carbocycles. The van der Waals surface area contributed by atoms with Crippen molar-refractivity contribution in [3.63, 3.8) is 0 Å². The zero-order valence-corrected chi connectivity index (χ0v) is 20.5. The monoisotopic (exact) mass is 510 g/mol. The van der Waals surface area contributed by atoms with E-state index in [1.807, 2.05) is 0 Å². The quantitative estimate of drug-likeness (QED) is 0.0731. The van der Waals surface area contributed by atoms with Crippen molar-refractivity contribution in [2.24, 2.45) is 0 Å². The summed E-state index contributed by atoms with van der Waals surface area (Å²) in [6, 6.07) is 0. The van der Waals surface area contributed by atoms with Crippen LogP contribution in [0, 0.1) is 0 Å². The lowest BCUT2D eigenvalue weighted by Gasteiger charge is -2.22. The van der Waals surface area contributed by atoms with Gasteiger partial charge in [-0.05, 0) is 51.4 Å². The highest BCUT2D eigenvalue weighted by molar-refractivity contribution is 9.09. The Morgan fingerprint density at radius 1 is 0.593 bits per heavy atom. The molecule has 0 aliphatic heterocycles. The molecule has 3 nitrogen and oxygen atoms in total. The minimum atomic E-state index is -0.207. The van der Waals surface area contributed by atoms with Gasteiger partial charge in [-0.1, -0.05) is 69.0 Å². The highest BCUT2D eigenvalue weighted by Crippen LogP contribution is 2.13. The van der Waals surface area contributed by atoms with Gasteiger partial charge in [0.25, 0.3) is 0 Å². The molecule has 2 atom stereocenters. The van der Waals surface area contributed by atoms with Crippen molar-refractivity contribution in [3.8, 4) is 0 Å². The van der Waals surface area contributed by atoms with E-state index in [1.54, 1.807) is 14.2 Å². The van der Waals surface area contributed by atoms with Gasteiger partial charge in [0.1, 0.15) is 0 Å². The Hall–Kier alpha value is 0.320. The van der Waals surface area contributed by atoms with Crippen molar-refractivity contribution in [2.75, 3.05) is 24.9 Å². The van der Waals surface area contributed by atoms with E-state index in [0.29, 0.717) is 0 Å². The van der Waals surface area contributed by atoms with Gasteiger partial charge in [-0.3, -0.25) is 0 Å². The van der Waals surface area contributed by atoms with Crippen LogP contribution in [0.25, 0.3) is 0 Å². The van der Waals surface area contributed by atoms with Gasteiger partial charge in [-0.25, -0.2) is 0 Å². The van der Waals surface area contributed by atoms with Crippen LogP contribution in [-0.2, 0) is 14.2 Å². The maximum atomic E-state index is 5.95. The van der Waals surface area contributed by atoms with Gasteiger partial charge in [0, 0.05) is 37.7 Å². The van der Waals surface area contributed by atoms with Gasteiger partial charge in [0.05, 0.1) is 0 Å². The van der Waals surface area contributed by atoms with Crippen LogP contribution >= 0.6 is 31.9 Å². The van der Waals surface area contributed by atoms with Gasteiger partial charge >= 0.3 is 0 Å². The number of alkyl halides is 2. The van der Waals surface area contributed by atoms with Crippen LogP contribution in [0.4, 0.5) is 0 Å². The average molecular weight is 512 g/mol. The lowest BCUT2D eigenvalue weighted by Crippen LogP contribution is -2.25. The summed E-state index contributed by atoms with van der Waals surface area (Å²) >= 11 is 6.93. The molecule has 0 heterocycles. The number of halogens is 2. The maximum Gasteiger partial charge on any atom is 0.160 e. The van der Waals surface area contributed by atoms with Crippen molar-refractivity contribution < 1.29 is 14.2 Å². The fourth-order valence-corrected chi connectivity index (χ4v) is 3.45. The molecule has 0 aliphatic carbocycles. The molecular weight excluding hydrogens is 472 g/mol. The van der Waals surface area contributed by atoms with E-state index in [1.165, 1.54) is 38.5 Å². The second-order valence-electron chi connectivity index (χ2n) is 6.64. The molecule has 5 heteroatoms. The minimum absolute atomic E-state index is 0.207. The summed E-state index contributed by atoms with van der Waals surface area (Å²) in [6.45, 7) is 0. The number of rotatable bonds is 20. The molecule has 0 saturated carbocycles. The first-order valence-corrected chi connectivity index (χ1v) is 12.7. The number of methoxy groups -OCH3 is 2. The summed E-state index contributed by atoms with van der Waals surface area (Å²) in [5, 5.41) is 2.22. The van der Waals surface area contributed by atoms with Crippen LogP contribution in [0.1, 0.15) is 77.0 Å². The van der Waals surface area contributed by atoms with Gasteiger partial charge in [-0.2, -0.15) is 0 Å². The molecule has 0 bridgehead atoms. The van der Waals surface area contributed by atoms with E-state index in [4.69, 9.17) is 14.2 Å². The summed E-state index contributed by atoms with van der Waals surface area (Å²) in [5.41, 5.74) is 0. The molecule has 0 saturated heterocycles. The van der Waals surface area contributed by atoms with Crippen LogP contribution < -0.4 is 0 Å². The Labute approximate surface area is 184 Å². The second kappa shape index (κ2) is 22.6. The van der Waals surface area contributed by atoms with E-state index < -0.39 is 0 Å². The SMILES string of the molecule is COC(CCC=CCCCCCBr)OC(CCC=CCCCCCBr)OC. The van der Waals surface area contributed by atoms with Crippen LogP contribution in [0.5, 0.6) is 0 Å². The molecule has 27 heavy (non-hydrogen) atoms. The highest BCUT2D eigenvalue weighted by atomic mass is 79.9. The molecule has 0 rings (SSSR count). The Balaban J connectivity index is 3.84. The number of hydrogen-bond donors (Lipinski definition) is 0. The maximum absolute atomic E-state index is 5.95. The minimum Gasteiger partial charge on any atom is -0.356 e. The molecule has 0 spiro atoms. The Bertz CT molecular complexity index is 316. The molecule has 0 aromatic rings. The highest BCUT2D eigenvalue weighted by Gasteiger charge is 2.14. The number of allylic oxidation sites excluding steroid dienone is 4. The van der Waals surface area contributed by atoms with E-state index >= 15 is 0 Å². The van der Waals surface area contributed by atoms with Gasteiger partial charge in [0.2, 0.25) is 0 Å². The Morgan fingerprint density at radius 3 is 1.37 bits per heavy atom. The zero-order chi connectivity index (χ0) is 20.0. The third kappa shape index (κ3) is 19.4. The van der Waals surface area contributed by atoms with Gasteiger partial charge in [-0.15, -0.1) is 0 Å². The predicted molar refractivity (Wildman–Crippen MR) is 124 cm³/mol. The standard InChI is InChI=1S/C22H40Br2O3/c1-25-21(17-13-9-5-3-7-11-15-19-23)27-22(26-2)18-14-10-6-4-8-12-16-20-24/h5-6,9-10,21-22H,3-4,7-8,11-20H2,1-2H3. The first-order valence-electron chi connectivity index (χ1n) is 10.4.